The molecule has 0 radical (unpaired) electrons. The van der Waals surface area contributed by atoms with Crippen LogP contribution in [0.25, 0.3) is 10.9 Å². The monoisotopic (exact) mass is 360 g/mol. The number of aliphatic hydroxyl groups is 1. The molecule has 6 nitrogen and oxygen atoms in total. The quantitative estimate of drug-likeness (QED) is 0.599. The molecule has 0 spiro atoms. The summed E-state index contributed by atoms with van der Waals surface area (Å²) in [6, 6.07) is 8.32. The Kier molecular flexibility index (Phi) is 4.96. The number of carbonyl (C=O) groups is 1. The van der Waals surface area contributed by atoms with Gasteiger partial charge >= 0.3 is 0 Å². The van der Waals surface area contributed by atoms with E-state index in [0.29, 0.717) is 19.0 Å². The van der Waals surface area contributed by atoms with Gasteiger partial charge in [0.1, 0.15) is 11.8 Å². The molecule has 6 rings (SSSR count). The molecule has 0 amide bonds. The molecule has 3 fully saturated rings. The molecule has 26 heavy (non-hydrogen) atoms. The summed E-state index contributed by atoms with van der Waals surface area (Å²) in [6.45, 7) is 3.01. The second-order valence-electron chi connectivity index (χ2n) is 7.82. The van der Waals surface area contributed by atoms with Crippen LogP contribution < -0.4 is 0 Å². The Hall–Kier alpha value is -1.73. The third-order valence-electron chi connectivity index (χ3n) is 6.59. The number of hydrogen-bond acceptors (Lipinski definition) is 3. The first-order valence-electron chi connectivity index (χ1n) is 9.19. The lowest BCUT2D eigenvalue weighted by Gasteiger charge is -2.61. The minimum absolute atomic E-state index is 0. The number of hydrogen-bond donors (Lipinski definition) is 2. The number of benzene rings is 1. The fourth-order valence-corrected chi connectivity index (χ4v) is 5.78. The number of ketones is 1. The van der Waals surface area contributed by atoms with Crippen LogP contribution in [0.3, 0.4) is 0 Å². The van der Waals surface area contributed by atoms with E-state index in [1.807, 2.05) is 0 Å². The predicted molar refractivity (Wildman–Crippen MR) is 101 cm³/mol. The van der Waals surface area contributed by atoms with E-state index in [9.17, 15) is 10.0 Å². The van der Waals surface area contributed by atoms with Crippen LogP contribution in [-0.4, -0.2) is 52.2 Å². The van der Waals surface area contributed by atoms with Gasteiger partial charge in [0.05, 0.1) is 24.9 Å². The summed E-state index contributed by atoms with van der Waals surface area (Å²) < 4.78 is -0.142. The van der Waals surface area contributed by atoms with Gasteiger partial charge in [-0.3, -0.25) is 4.79 Å². The van der Waals surface area contributed by atoms with Gasteiger partial charge in [0.25, 0.3) is 0 Å². The highest BCUT2D eigenvalue weighted by Gasteiger charge is 2.56. The highest BCUT2D eigenvalue weighted by molar-refractivity contribution is 5.85. The van der Waals surface area contributed by atoms with Gasteiger partial charge in [-0.15, -0.1) is 0 Å². The summed E-state index contributed by atoms with van der Waals surface area (Å²) in [5.41, 5.74) is 3.75. The first-order valence-corrected chi connectivity index (χ1v) is 9.19. The second-order valence-corrected chi connectivity index (χ2v) is 7.82. The number of aromatic amines is 1. The van der Waals surface area contributed by atoms with Crippen molar-refractivity contribution in [1.82, 2.24) is 4.98 Å². The number of Topliss-reactive ketones (excluding diaryl/α,β-unsaturated/α-hetero) is 1. The molecule has 2 saturated heterocycles. The number of piperidine rings is 2. The summed E-state index contributed by atoms with van der Waals surface area (Å²) >= 11 is 0. The lowest BCUT2D eigenvalue weighted by Crippen LogP contribution is -2.66. The summed E-state index contributed by atoms with van der Waals surface area (Å²) in [5.74, 6) is 0.775. The molecule has 4 heterocycles. The Labute approximate surface area is 153 Å². The minimum Gasteiger partial charge on any atom is -0.633 e. The number of hydroxylamine groups is 3. The number of carbonyl (C=O) groups excluding carboxylic acids is 1. The summed E-state index contributed by atoms with van der Waals surface area (Å²) in [7, 11) is 1.00. The summed E-state index contributed by atoms with van der Waals surface area (Å²) in [6.07, 6.45) is 2.82. The molecule has 1 aromatic heterocycles. The average molecular weight is 360 g/mol. The van der Waals surface area contributed by atoms with Crippen LogP contribution in [0.4, 0.5) is 0 Å². The van der Waals surface area contributed by atoms with Gasteiger partial charge in [0.2, 0.25) is 0 Å². The maximum absolute atomic E-state index is 13.6. The van der Waals surface area contributed by atoms with Crippen LogP contribution in [0, 0.1) is 17.0 Å². The number of para-hydroxylation sites is 1. The molecule has 5 atom stereocenters. The maximum Gasteiger partial charge on any atom is 0.138 e. The van der Waals surface area contributed by atoms with Crippen LogP contribution in [0.15, 0.2) is 24.3 Å². The van der Waals surface area contributed by atoms with Gasteiger partial charge in [0.15, 0.2) is 0 Å². The average Bonchev–Trinajstić information content (AvgIpc) is 2.96. The molecule has 2 aromatic rings. The lowest BCUT2D eigenvalue weighted by atomic mass is 9.64. The number of H-pyrrole nitrogens is 1. The maximum atomic E-state index is 13.6. The third kappa shape index (κ3) is 2.60. The molecule has 142 valence electrons. The molecule has 1 saturated carbocycles. The second kappa shape index (κ2) is 6.78. The number of nitrogens with zero attached hydrogens (tertiary/aromatic N) is 1. The Morgan fingerprint density at radius 1 is 1.27 bits per heavy atom. The van der Waals surface area contributed by atoms with Crippen molar-refractivity contribution in [3.05, 3.63) is 40.7 Å². The standard InChI is InChI=1S/C19H22N2O2.CH4O.H2O/c1-11(22)15-8-12-9-16-18-14(6-7-21(23,10-12)19(15)16)13-4-2-3-5-17(13)20-18;1-2;/h2-5,12,15-16,19-20H,6-10H2,1H3;2H,1H3;1H2/t12-,15+,16+,19+,21-;;/m1../s1. The fraction of sp³-hybridized carbons (Fsp3) is 0.550. The van der Waals surface area contributed by atoms with E-state index in [2.05, 4.69) is 29.2 Å². The fourth-order valence-electron chi connectivity index (χ4n) is 5.78. The molecule has 3 aliphatic heterocycles. The van der Waals surface area contributed by atoms with E-state index >= 15 is 0 Å². The summed E-state index contributed by atoms with van der Waals surface area (Å²) in [5, 5.41) is 21.8. The van der Waals surface area contributed by atoms with Crippen LogP contribution in [0.5, 0.6) is 0 Å². The van der Waals surface area contributed by atoms with E-state index in [1.165, 1.54) is 22.2 Å². The zero-order valence-corrected chi connectivity index (χ0v) is 15.4. The van der Waals surface area contributed by atoms with Crippen molar-refractivity contribution in [2.45, 2.75) is 38.1 Å². The van der Waals surface area contributed by atoms with E-state index in [4.69, 9.17) is 5.11 Å². The highest BCUT2D eigenvalue weighted by Crippen LogP contribution is 2.53. The molecule has 0 unspecified atom stereocenters. The van der Waals surface area contributed by atoms with Crippen molar-refractivity contribution in [1.29, 1.82) is 0 Å². The first-order chi connectivity index (χ1) is 12.1. The zero-order valence-electron chi connectivity index (χ0n) is 15.4. The topological polar surface area (TPSA) is 108 Å². The number of fused-ring (bicyclic) bond motifs is 4. The van der Waals surface area contributed by atoms with E-state index in [0.717, 1.165) is 26.4 Å². The molecule has 6 heteroatoms. The number of aromatic nitrogens is 1. The molecule has 4 aliphatic rings. The largest absolute Gasteiger partial charge is 0.633 e. The van der Waals surface area contributed by atoms with Gasteiger partial charge in [-0.1, -0.05) is 18.2 Å². The Morgan fingerprint density at radius 3 is 2.73 bits per heavy atom. The van der Waals surface area contributed by atoms with Gasteiger partial charge in [-0.2, -0.15) is 0 Å². The van der Waals surface area contributed by atoms with Crippen molar-refractivity contribution in [3.63, 3.8) is 0 Å². The molecular formula is C20H28N2O4. The van der Waals surface area contributed by atoms with Crippen LogP contribution >= 0.6 is 0 Å². The SMILES string of the molecule is CC(=O)[C@@H]1C[C@@H]2C[C@H]3c4[nH]c5ccccc5c4CC[N@@+]([O-])(C2)[C@@H]13.CO.O. The van der Waals surface area contributed by atoms with Crippen molar-refractivity contribution >= 4 is 16.7 Å². The Balaban J connectivity index is 0.000000633. The van der Waals surface area contributed by atoms with E-state index in [-0.39, 0.29) is 33.8 Å². The Morgan fingerprint density at radius 2 is 2.00 bits per heavy atom. The lowest BCUT2D eigenvalue weighted by molar-refractivity contribution is -0.924. The van der Waals surface area contributed by atoms with E-state index in [1.54, 1.807) is 6.92 Å². The number of rotatable bonds is 1. The third-order valence-corrected chi connectivity index (χ3v) is 6.59. The van der Waals surface area contributed by atoms with Gasteiger partial charge in [-0.25, -0.2) is 0 Å². The van der Waals surface area contributed by atoms with Crippen molar-refractivity contribution < 1.29 is 20.0 Å². The van der Waals surface area contributed by atoms with Crippen LogP contribution in [0.1, 0.15) is 36.9 Å². The van der Waals surface area contributed by atoms with Crippen molar-refractivity contribution in [3.8, 4) is 0 Å². The predicted octanol–water partition coefficient (Wildman–Crippen LogP) is 1.90. The number of aliphatic hydroxyl groups excluding tert-OH is 1. The molecule has 4 bridgehead atoms. The minimum atomic E-state index is -0.142. The van der Waals surface area contributed by atoms with Crippen molar-refractivity contribution in [2.75, 3.05) is 20.2 Å². The number of nitrogens with one attached hydrogen (secondary N) is 1. The summed E-state index contributed by atoms with van der Waals surface area (Å²) in [4.78, 5) is 15.8. The molecule has 1 aromatic carbocycles. The normalized spacial score (nSPS) is 34.2. The zero-order chi connectivity index (χ0) is 17.8. The van der Waals surface area contributed by atoms with Gasteiger partial charge in [-0.05, 0) is 31.4 Å². The molecular weight excluding hydrogens is 332 g/mol. The van der Waals surface area contributed by atoms with Crippen molar-refractivity contribution in [2.24, 2.45) is 11.8 Å². The van der Waals surface area contributed by atoms with Gasteiger partial charge < -0.3 is 25.4 Å². The van der Waals surface area contributed by atoms with Gasteiger partial charge in [0, 0.05) is 36.0 Å². The van der Waals surface area contributed by atoms with E-state index < -0.39 is 0 Å². The highest BCUT2D eigenvalue weighted by atomic mass is 16.5. The molecule has 1 aliphatic carbocycles. The van der Waals surface area contributed by atoms with Crippen LogP contribution in [0.2, 0.25) is 0 Å². The Bertz CT molecular complexity index is 817. The first kappa shape index (κ1) is 19.0. The smallest absolute Gasteiger partial charge is 0.138 e. The number of quaternary nitrogens is 1. The molecule has 4 N–H and O–H groups in total. The van der Waals surface area contributed by atoms with Crippen LogP contribution in [-0.2, 0) is 11.2 Å².